The van der Waals surface area contributed by atoms with E-state index < -0.39 is 0 Å². The Morgan fingerprint density at radius 3 is 2.56 bits per heavy atom. The number of amides is 2. The first-order valence-electron chi connectivity index (χ1n) is 8.62. The standard InChI is InChI=1S/C20H23N3O2/c1-16(24)22(14-17-6-10-21-11-7-17)13-9-20(25)23-12-8-18-4-2-3-5-19(18)15-23/h2-7,10-11H,8-9,12-15H2,1H3. The zero-order valence-electron chi connectivity index (χ0n) is 14.5. The molecule has 0 bridgehead atoms. The summed E-state index contributed by atoms with van der Waals surface area (Å²) in [6.45, 7) is 3.91. The molecule has 0 saturated carbocycles. The lowest BCUT2D eigenvalue weighted by atomic mass is 10.00. The van der Waals surface area contributed by atoms with Crippen LogP contribution in [0.1, 0.15) is 30.0 Å². The second kappa shape index (κ2) is 7.92. The lowest BCUT2D eigenvalue weighted by Crippen LogP contribution is -2.38. The quantitative estimate of drug-likeness (QED) is 0.842. The fraction of sp³-hybridized carbons (Fsp3) is 0.350. The zero-order chi connectivity index (χ0) is 17.6. The molecular weight excluding hydrogens is 314 g/mol. The minimum atomic E-state index is -0.0198. The molecule has 1 aromatic carbocycles. The molecular formula is C20H23N3O2. The Labute approximate surface area is 148 Å². The summed E-state index contributed by atoms with van der Waals surface area (Å²) in [6.07, 6.45) is 4.68. The molecule has 1 aromatic heterocycles. The maximum atomic E-state index is 12.6. The van der Waals surface area contributed by atoms with E-state index in [2.05, 4.69) is 17.1 Å². The number of nitrogens with zero attached hydrogens (tertiary/aromatic N) is 3. The maximum absolute atomic E-state index is 12.6. The molecule has 3 rings (SSSR count). The number of rotatable bonds is 5. The topological polar surface area (TPSA) is 53.5 Å². The van der Waals surface area contributed by atoms with Crippen LogP contribution in [0, 0.1) is 0 Å². The van der Waals surface area contributed by atoms with E-state index in [4.69, 9.17) is 0 Å². The highest BCUT2D eigenvalue weighted by atomic mass is 16.2. The van der Waals surface area contributed by atoms with Crippen LogP contribution >= 0.6 is 0 Å². The van der Waals surface area contributed by atoms with Crippen LogP contribution in [-0.2, 0) is 29.1 Å². The van der Waals surface area contributed by atoms with Crippen LogP contribution < -0.4 is 0 Å². The van der Waals surface area contributed by atoms with Crippen LogP contribution in [0.15, 0.2) is 48.8 Å². The Bertz CT molecular complexity index is 746. The van der Waals surface area contributed by atoms with Crippen molar-refractivity contribution in [1.82, 2.24) is 14.8 Å². The van der Waals surface area contributed by atoms with Gasteiger partial charge in [0.1, 0.15) is 0 Å². The van der Waals surface area contributed by atoms with Crippen LogP contribution in [0.3, 0.4) is 0 Å². The van der Waals surface area contributed by atoms with Crippen molar-refractivity contribution < 1.29 is 9.59 Å². The molecule has 0 spiro atoms. The molecule has 0 aliphatic carbocycles. The minimum absolute atomic E-state index is 0.0198. The van der Waals surface area contributed by atoms with E-state index in [1.165, 1.54) is 11.1 Å². The van der Waals surface area contributed by atoms with Crippen LogP contribution in [0.2, 0.25) is 0 Å². The smallest absolute Gasteiger partial charge is 0.224 e. The minimum Gasteiger partial charge on any atom is -0.338 e. The van der Waals surface area contributed by atoms with Crippen molar-refractivity contribution >= 4 is 11.8 Å². The molecule has 2 aromatic rings. The summed E-state index contributed by atoms with van der Waals surface area (Å²) in [6, 6.07) is 12.0. The van der Waals surface area contributed by atoms with Gasteiger partial charge in [-0.15, -0.1) is 0 Å². The second-order valence-corrected chi connectivity index (χ2v) is 6.38. The third-order valence-electron chi connectivity index (χ3n) is 4.65. The number of fused-ring (bicyclic) bond motifs is 1. The summed E-state index contributed by atoms with van der Waals surface area (Å²) in [4.78, 5) is 32.0. The van der Waals surface area contributed by atoms with Gasteiger partial charge < -0.3 is 9.80 Å². The predicted molar refractivity (Wildman–Crippen MR) is 95.5 cm³/mol. The van der Waals surface area contributed by atoms with Gasteiger partial charge in [-0.1, -0.05) is 24.3 Å². The highest BCUT2D eigenvalue weighted by Crippen LogP contribution is 2.19. The molecule has 0 radical (unpaired) electrons. The fourth-order valence-corrected chi connectivity index (χ4v) is 3.15. The van der Waals surface area contributed by atoms with Gasteiger partial charge in [0.05, 0.1) is 0 Å². The lowest BCUT2D eigenvalue weighted by Gasteiger charge is -2.30. The molecule has 0 fully saturated rings. The van der Waals surface area contributed by atoms with Crippen molar-refractivity contribution in [1.29, 1.82) is 0 Å². The average molecular weight is 337 g/mol. The highest BCUT2D eigenvalue weighted by molar-refractivity contribution is 5.78. The number of pyridine rings is 1. The first-order chi connectivity index (χ1) is 12.1. The zero-order valence-corrected chi connectivity index (χ0v) is 14.5. The van der Waals surface area contributed by atoms with Crippen LogP contribution in [-0.4, -0.2) is 39.7 Å². The van der Waals surface area contributed by atoms with Gasteiger partial charge in [-0.25, -0.2) is 0 Å². The second-order valence-electron chi connectivity index (χ2n) is 6.38. The molecule has 0 unspecified atom stereocenters. The molecule has 1 aliphatic heterocycles. The van der Waals surface area contributed by atoms with Crippen LogP contribution in [0.5, 0.6) is 0 Å². The Hall–Kier alpha value is -2.69. The van der Waals surface area contributed by atoms with Crippen molar-refractivity contribution in [3.05, 3.63) is 65.5 Å². The normalized spacial score (nSPS) is 13.2. The molecule has 2 heterocycles. The number of benzene rings is 1. The number of hydrogen-bond donors (Lipinski definition) is 0. The first-order valence-corrected chi connectivity index (χ1v) is 8.62. The Morgan fingerprint density at radius 1 is 1.12 bits per heavy atom. The van der Waals surface area contributed by atoms with Gasteiger partial charge >= 0.3 is 0 Å². The average Bonchev–Trinajstić information content (AvgIpc) is 2.65. The summed E-state index contributed by atoms with van der Waals surface area (Å²) in [5, 5.41) is 0. The summed E-state index contributed by atoms with van der Waals surface area (Å²) in [5.74, 6) is 0.0871. The largest absolute Gasteiger partial charge is 0.338 e. The maximum Gasteiger partial charge on any atom is 0.224 e. The summed E-state index contributed by atoms with van der Waals surface area (Å²) < 4.78 is 0. The fourth-order valence-electron chi connectivity index (χ4n) is 3.15. The molecule has 0 atom stereocenters. The summed E-state index contributed by atoms with van der Waals surface area (Å²) in [7, 11) is 0. The molecule has 25 heavy (non-hydrogen) atoms. The van der Waals surface area contributed by atoms with E-state index in [-0.39, 0.29) is 11.8 Å². The molecule has 5 heteroatoms. The van der Waals surface area contributed by atoms with Gasteiger partial charge in [-0.05, 0) is 35.2 Å². The van der Waals surface area contributed by atoms with Crippen molar-refractivity contribution in [2.45, 2.75) is 32.9 Å². The van der Waals surface area contributed by atoms with Gasteiger partial charge in [-0.2, -0.15) is 0 Å². The molecule has 130 valence electrons. The van der Waals surface area contributed by atoms with Gasteiger partial charge in [0, 0.05) is 51.9 Å². The first kappa shape index (κ1) is 17.1. The molecule has 5 nitrogen and oxygen atoms in total. The summed E-state index contributed by atoms with van der Waals surface area (Å²) >= 11 is 0. The number of aromatic nitrogens is 1. The van der Waals surface area contributed by atoms with Crippen LogP contribution in [0.25, 0.3) is 0 Å². The number of carbonyl (C=O) groups is 2. The molecule has 0 saturated heterocycles. The monoisotopic (exact) mass is 337 g/mol. The number of carbonyl (C=O) groups excluding carboxylic acids is 2. The van der Waals surface area contributed by atoms with Gasteiger partial charge in [0.2, 0.25) is 11.8 Å². The SMILES string of the molecule is CC(=O)N(CCC(=O)N1CCc2ccccc2C1)Cc1ccncc1. The highest BCUT2D eigenvalue weighted by Gasteiger charge is 2.21. The molecule has 2 amide bonds. The number of hydrogen-bond acceptors (Lipinski definition) is 3. The van der Waals surface area contributed by atoms with Crippen molar-refractivity contribution in [2.75, 3.05) is 13.1 Å². The Kier molecular flexibility index (Phi) is 5.43. The van der Waals surface area contributed by atoms with Gasteiger partial charge in [0.25, 0.3) is 0 Å². The van der Waals surface area contributed by atoms with E-state index in [0.717, 1.165) is 18.5 Å². The Balaban J connectivity index is 1.56. The predicted octanol–water partition coefficient (Wildman–Crippen LogP) is 2.41. The summed E-state index contributed by atoms with van der Waals surface area (Å²) in [5.41, 5.74) is 3.57. The van der Waals surface area contributed by atoms with Gasteiger partial charge in [0.15, 0.2) is 0 Å². The Morgan fingerprint density at radius 2 is 1.84 bits per heavy atom. The van der Waals surface area contributed by atoms with Crippen molar-refractivity contribution in [2.24, 2.45) is 0 Å². The van der Waals surface area contributed by atoms with E-state index in [1.54, 1.807) is 24.2 Å². The van der Waals surface area contributed by atoms with E-state index >= 15 is 0 Å². The third kappa shape index (κ3) is 4.44. The van der Waals surface area contributed by atoms with Crippen molar-refractivity contribution in [3.8, 4) is 0 Å². The van der Waals surface area contributed by atoms with E-state index in [9.17, 15) is 9.59 Å². The lowest BCUT2D eigenvalue weighted by molar-refractivity contribution is -0.134. The molecule has 0 N–H and O–H groups in total. The van der Waals surface area contributed by atoms with Gasteiger partial charge in [-0.3, -0.25) is 14.6 Å². The third-order valence-corrected chi connectivity index (χ3v) is 4.65. The van der Waals surface area contributed by atoms with Crippen LogP contribution in [0.4, 0.5) is 0 Å². The van der Waals surface area contributed by atoms with E-state index in [0.29, 0.717) is 26.1 Å². The molecule has 1 aliphatic rings. The van der Waals surface area contributed by atoms with Crippen molar-refractivity contribution in [3.63, 3.8) is 0 Å². The van der Waals surface area contributed by atoms with E-state index in [1.807, 2.05) is 29.2 Å².